The Morgan fingerprint density at radius 3 is 2.64 bits per heavy atom. The van der Waals surface area contributed by atoms with Crippen molar-refractivity contribution < 1.29 is 14.4 Å². The zero-order valence-electron chi connectivity index (χ0n) is 15.0. The van der Waals surface area contributed by atoms with E-state index in [2.05, 4.69) is 43.7 Å². The molecule has 1 atom stereocenters. The highest BCUT2D eigenvalue weighted by Crippen LogP contribution is 2.25. The lowest BCUT2D eigenvalue weighted by atomic mass is 10.1. The highest BCUT2D eigenvalue weighted by molar-refractivity contribution is 5.78. The lowest BCUT2D eigenvalue weighted by Crippen LogP contribution is -3.06. The molecule has 0 aromatic heterocycles. The molecule has 25 heavy (non-hydrogen) atoms. The number of ether oxygens (including phenoxy) is 1. The summed E-state index contributed by atoms with van der Waals surface area (Å²) in [6.07, 6.45) is 3.48. The second-order valence-corrected chi connectivity index (χ2v) is 7.01. The van der Waals surface area contributed by atoms with Gasteiger partial charge in [-0.1, -0.05) is 36.4 Å². The molecule has 0 spiro atoms. The number of carbonyl (C=O) groups excluding carboxylic acids is 1. The number of benzene rings is 2. The van der Waals surface area contributed by atoms with Crippen LogP contribution in [0.15, 0.2) is 48.5 Å². The summed E-state index contributed by atoms with van der Waals surface area (Å²) in [6, 6.07) is 16.2. The van der Waals surface area contributed by atoms with E-state index in [0.29, 0.717) is 0 Å². The van der Waals surface area contributed by atoms with Crippen molar-refractivity contribution >= 4 is 5.91 Å². The zero-order chi connectivity index (χ0) is 17.6. The van der Waals surface area contributed by atoms with Crippen molar-refractivity contribution in [2.45, 2.75) is 25.3 Å². The predicted molar refractivity (Wildman–Crippen MR) is 99.0 cm³/mol. The smallest absolute Gasteiger partial charge is 0.258 e. The van der Waals surface area contributed by atoms with Gasteiger partial charge in [-0.25, -0.2) is 0 Å². The van der Waals surface area contributed by atoms with E-state index >= 15 is 0 Å². The van der Waals surface area contributed by atoms with Crippen LogP contribution in [0, 0.1) is 0 Å². The fourth-order valence-electron chi connectivity index (χ4n) is 3.37. The molecule has 3 rings (SSSR count). The Morgan fingerprint density at radius 2 is 1.88 bits per heavy atom. The molecule has 4 heteroatoms. The third-order valence-electron chi connectivity index (χ3n) is 4.59. The quantitative estimate of drug-likeness (QED) is 0.804. The van der Waals surface area contributed by atoms with Crippen LogP contribution in [0.1, 0.15) is 29.2 Å². The number of nitrogens with one attached hydrogen (secondary N) is 2. The van der Waals surface area contributed by atoms with Crippen LogP contribution in [-0.4, -0.2) is 33.2 Å². The minimum absolute atomic E-state index is 0.0117. The molecule has 0 fully saturated rings. The Balaban J connectivity index is 1.58. The molecule has 0 saturated heterocycles. The Kier molecular flexibility index (Phi) is 5.71. The fourth-order valence-corrected chi connectivity index (χ4v) is 3.37. The minimum atomic E-state index is -0.0874. The normalized spacial score (nSPS) is 14.2. The Morgan fingerprint density at radius 1 is 1.12 bits per heavy atom. The van der Waals surface area contributed by atoms with Gasteiger partial charge < -0.3 is 15.0 Å². The second-order valence-electron chi connectivity index (χ2n) is 7.01. The number of quaternary nitrogens is 1. The Hall–Kier alpha value is -2.33. The SMILES string of the molecule is C[NH+](C)C[C@@H](NC(=O)COc1ccc2c(c1)CCC2)c1ccccc1. The molecule has 4 nitrogen and oxygen atoms in total. The molecule has 1 aliphatic carbocycles. The fraction of sp³-hybridized carbons (Fsp3) is 0.381. The summed E-state index contributed by atoms with van der Waals surface area (Å²) in [6.45, 7) is 0.874. The maximum absolute atomic E-state index is 12.4. The average Bonchev–Trinajstić information content (AvgIpc) is 3.07. The standard InChI is InChI=1S/C21H26N2O2/c1-23(2)14-20(17-7-4-3-5-8-17)22-21(24)15-25-19-12-11-16-9-6-10-18(16)13-19/h3-5,7-8,11-13,20H,6,9-10,14-15H2,1-2H3,(H,22,24)/p+1/t20-/m1/s1. The molecule has 1 aliphatic rings. The van der Waals surface area contributed by atoms with Crippen molar-refractivity contribution in [3.05, 3.63) is 65.2 Å². The number of likely N-dealkylation sites (N-methyl/N-ethyl adjacent to an activating group) is 1. The summed E-state index contributed by atoms with van der Waals surface area (Å²) in [5, 5.41) is 3.10. The molecule has 2 aromatic rings. The third-order valence-corrected chi connectivity index (χ3v) is 4.59. The summed E-state index contributed by atoms with van der Waals surface area (Å²) >= 11 is 0. The summed E-state index contributed by atoms with van der Waals surface area (Å²) < 4.78 is 5.72. The Bertz CT molecular complexity index is 713. The van der Waals surface area contributed by atoms with Gasteiger partial charge in [0, 0.05) is 0 Å². The van der Waals surface area contributed by atoms with Gasteiger partial charge in [0.25, 0.3) is 5.91 Å². The largest absolute Gasteiger partial charge is 0.484 e. The second kappa shape index (κ2) is 8.17. The van der Waals surface area contributed by atoms with Crippen molar-refractivity contribution in [1.29, 1.82) is 0 Å². The lowest BCUT2D eigenvalue weighted by Gasteiger charge is -2.21. The van der Waals surface area contributed by atoms with Gasteiger partial charge in [0.15, 0.2) is 6.61 Å². The van der Waals surface area contributed by atoms with Gasteiger partial charge in [-0.05, 0) is 48.1 Å². The first kappa shape index (κ1) is 17.5. The van der Waals surface area contributed by atoms with E-state index in [0.717, 1.165) is 30.7 Å². The summed E-state index contributed by atoms with van der Waals surface area (Å²) in [4.78, 5) is 13.7. The lowest BCUT2D eigenvalue weighted by molar-refractivity contribution is -0.860. The zero-order valence-corrected chi connectivity index (χ0v) is 15.0. The summed E-state index contributed by atoms with van der Waals surface area (Å²) in [7, 11) is 4.17. The van der Waals surface area contributed by atoms with Crippen molar-refractivity contribution in [3.63, 3.8) is 0 Å². The molecule has 2 N–H and O–H groups in total. The molecule has 0 heterocycles. The minimum Gasteiger partial charge on any atom is -0.484 e. The molecular weight excluding hydrogens is 312 g/mol. The first-order valence-electron chi connectivity index (χ1n) is 9.00. The topological polar surface area (TPSA) is 42.8 Å². The van der Waals surface area contributed by atoms with Gasteiger partial charge in [0.2, 0.25) is 0 Å². The van der Waals surface area contributed by atoms with Gasteiger partial charge in [-0.3, -0.25) is 4.79 Å². The number of hydrogen-bond donors (Lipinski definition) is 2. The van der Waals surface area contributed by atoms with Gasteiger partial charge in [-0.2, -0.15) is 0 Å². The predicted octanol–water partition coefficient (Wildman–Crippen LogP) is 1.56. The van der Waals surface area contributed by atoms with E-state index in [1.165, 1.54) is 22.4 Å². The number of fused-ring (bicyclic) bond motifs is 1. The molecule has 2 aromatic carbocycles. The highest BCUT2D eigenvalue weighted by atomic mass is 16.5. The molecular formula is C21H27N2O2+. The molecule has 0 unspecified atom stereocenters. The number of carbonyl (C=O) groups is 1. The van der Waals surface area contributed by atoms with Gasteiger partial charge in [0.1, 0.15) is 18.3 Å². The molecule has 0 radical (unpaired) electrons. The maximum atomic E-state index is 12.4. The van der Waals surface area contributed by atoms with Crippen molar-refractivity contribution in [1.82, 2.24) is 5.32 Å². The number of amides is 1. The van der Waals surface area contributed by atoms with E-state index in [1.54, 1.807) is 0 Å². The van der Waals surface area contributed by atoms with Crippen LogP contribution in [0.2, 0.25) is 0 Å². The van der Waals surface area contributed by atoms with Crippen LogP contribution in [0.4, 0.5) is 0 Å². The van der Waals surface area contributed by atoms with E-state index in [9.17, 15) is 4.79 Å². The average molecular weight is 339 g/mol. The molecule has 0 bridgehead atoms. The van der Waals surface area contributed by atoms with Gasteiger partial charge in [0.05, 0.1) is 14.1 Å². The van der Waals surface area contributed by atoms with Crippen LogP contribution in [0.25, 0.3) is 0 Å². The Labute approximate surface area is 149 Å². The van der Waals surface area contributed by atoms with E-state index in [1.807, 2.05) is 24.3 Å². The van der Waals surface area contributed by atoms with Crippen molar-refractivity contribution in [3.8, 4) is 5.75 Å². The van der Waals surface area contributed by atoms with Gasteiger partial charge >= 0.3 is 0 Å². The van der Waals surface area contributed by atoms with Crippen LogP contribution < -0.4 is 15.0 Å². The first-order valence-corrected chi connectivity index (χ1v) is 9.00. The molecule has 1 amide bonds. The first-order chi connectivity index (χ1) is 12.1. The third kappa shape index (κ3) is 4.83. The van der Waals surface area contributed by atoms with Crippen LogP contribution in [-0.2, 0) is 17.6 Å². The van der Waals surface area contributed by atoms with Crippen molar-refractivity contribution in [2.24, 2.45) is 0 Å². The van der Waals surface area contributed by atoms with E-state index in [-0.39, 0.29) is 18.6 Å². The number of aryl methyl sites for hydroxylation is 2. The maximum Gasteiger partial charge on any atom is 0.258 e. The summed E-state index contributed by atoms with van der Waals surface area (Å²) in [5.41, 5.74) is 3.89. The van der Waals surface area contributed by atoms with Crippen LogP contribution >= 0.6 is 0 Å². The van der Waals surface area contributed by atoms with Crippen LogP contribution in [0.5, 0.6) is 5.75 Å². The van der Waals surface area contributed by atoms with Crippen LogP contribution in [0.3, 0.4) is 0 Å². The highest BCUT2D eigenvalue weighted by Gasteiger charge is 2.18. The monoisotopic (exact) mass is 339 g/mol. The van der Waals surface area contributed by atoms with Crippen molar-refractivity contribution in [2.75, 3.05) is 27.2 Å². The van der Waals surface area contributed by atoms with E-state index in [4.69, 9.17) is 4.74 Å². The summed E-state index contributed by atoms with van der Waals surface area (Å²) in [5.74, 6) is 0.695. The number of rotatable bonds is 7. The molecule has 0 saturated carbocycles. The molecule has 0 aliphatic heterocycles. The van der Waals surface area contributed by atoms with Gasteiger partial charge in [-0.15, -0.1) is 0 Å². The number of hydrogen-bond acceptors (Lipinski definition) is 2. The van der Waals surface area contributed by atoms with E-state index < -0.39 is 0 Å². The molecule has 132 valence electrons.